The highest BCUT2D eigenvalue weighted by Gasteiger charge is 2.26. The number of nitrogens with one attached hydrogen (secondary N) is 1. The lowest BCUT2D eigenvalue weighted by atomic mass is 10.0. The molecule has 0 aliphatic heterocycles. The van der Waals surface area contributed by atoms with Crippen molar-refractivity contribution in [3.63, 3.8) is 0 Å². The molecule has 0 saturated heterocycles. The van der Waals surface area contributed by atoms with Crippen molar-refractivity contribution in [3.05, 3.63) is 89.4 Å². The fourth-order valence-corrected chi connectivity index (χ4v) is 3.00. The third kappa shape index (κ3) is 4.41. The van der Waals surface area contributed by atoms with E-state index in [0.29, 0.717) is 6.54 Å². The van der Waals surface area contributed by atoms with E-state index in [9.17, 15) is 4.79 Å². The monoisotopic (exact) mass is 348 g/mol. The minimum atomic E-state index is -0.414. The normalized spacial score (nSPS) is 12.2. The van der Waals surface area contributed by atoms with Gasteiger partial charge in [0.2, 0.25) is 5.91 Å². The number of aryl methyl sites for hydroxylation is 2. The van der Waals surface area contributed by atoms with E-state index in [4.69, 9.17) is 4.42 Å². The molecule has 4 heteroatoms. The number of benzene rings is 2. The number of furan rings is 1. The zero-order chi connectivity index (χ0) is 18.5. The fraction of sp³-hybridized carbons (Fsp3) is 0.227. The first-order valence-electron chi connectivity index (χ1n) is 8.71. The van der Waals surface area contributed by atoms with Gasteiger partial charge in [0.25, 0.3) is 0 Å². The first-order valence-corrected chi connectivity index (χ1v) is 8.71. The van der Waals surface area contributed by atoms with E-state index >= 15 is 0 Å². The van der Waals surface area contributed by atoms with Crippen molar-refractivity contribution in [2.75, 3.05) is 12.4 Å². The van der Waals surface area contributed by atoms with Gasteiger partial charge < -0.3 is 9.73 Å². The third-order valence-corrected chi connectivity index (χ3v) is 4.32. The Bertz CT molecular complexity index is 853. The summed E-state index contributed by atoms with van der Waals surface area (Å²) in [4.78, 5) is 15.0. The van der Waals surface area contributed by atoms with E-state index < -0.39 is 6.04 Å². The molecule has 0 spiro atoms. The van der Waals surface area contributed by atoms with Gasteiger partial charge in [-0.3, -0.25) is 9.69 Å². The van der Waals surface area contributed by atoms with Gasteiger partial charge in [-0.25, -0.2) is 0 Å². The number of carbonyl (C=O) groups excluding carboxylic acids is 1. The lowest BCUT2D eigenvalue weighted by Crippen LogP contribution is -2.34. The topological polar surface area (TPSA) is 45.5 Å². The maximum atomic E-state index is 13.1. The number of hydrogen-bond donors (Lipinski definition) is 1. The summed E-state index contributed by atoms with van der Waals surface area (Å²) in [6, 6.07) is 21.1. The molecule has 134 valence electrons. The van der Waals surface area contributed by atoms with Gasteiger partial charge in [-0.2, -0.15) is 0 Å². The Morgan fingerprint density at radius 3 is 2.31 bits per heavy atom. The Balaban J connectivity index is 1.82. The van der Waals surface area contributed by atoms with Crippen molar-refractivity contribution in [3.8, 4) is 0 Å². The zero-order valence-corrected chi connectivity index (χ0v) is 15.4. The Morgan fingerprint density at radius 1 is 1.00 bits per heavy atom. The molecule has 0 unspecified atom stereocenters. The molecule has 2 aromatic carbocycles. The first kappa shape index (κ1) is 18.0. The highest BCUT2D eigenvalue weighted by molar-refractivity contribution is 5.95. The predicted molar refractivity (Wildman–Crippen MR) is 104 cm³/mol. The fourth-order valence-electron chi connectivity index (χ4n) is 3.00. The Kier molecular flexibility index (Phi) is 5.54. The molecule has 0 saturated carbocycles. The smallest absolute Gasteiger partial charge is 0.246 e. The number of carbonyl (C=O) groups is 1. The summed E-state index contributed by atoms with van der Waals surface area (Å²) in [7, 11) is 1.93. The van der Waals surface area contributed by atoms with E-state index in [1.165, 1.54) is 0 Å². The average molecular weight is 348 g/mol. The highest BCUT2D eigenvalue weighted by atomic mass is 16.3. The van der Waals surface area contributed by atoms with Crippen LogP contribution in [0.4, 0.5) is 5.69 Å². The lowest BCUT2D eigenvalue weighted by Gasteiger charge is -2.27. The molecule has 0 fully saturated rings. The van der Waals surface area contributed by atoms with Gasteiger partial charge in [0.15, 0.2) is 0 Å². The molecule has 1 N–H and O–H groups in total. The van der Waals surface area contributed by atoms with Crippen molar-refractivity contribution in [2.45, 2.75) is 26.4 Å². The molecule has 1 aromatic heterocycles. The third-order valence-electron chi connectivity index (χ3n) is 4.32. The van der Waals surface area contributed by atoms with Gasteiger partial charge in [-0.05, 0) is 50.7 Å². The summed E-state index contributed by atoms with van der Waals surface area (Å²) >= 11 is 0. The molecular formula is C22H24N2O2. The summed E-state index contributed by atoms with van der Waals surface area (Å²) < 4.78 is 5.68. The van der Waals surface area contributed by atoms with Crippen LogP contribution in [0.25, 0.3) is 0 Å². The molecule has 1 atom stereocenters. The van der Waals surface area contributed by atoms with E-state index in [-0.39, 0.29) is 5.91 Å². The maximum Gasteiger partial charge on any atom is 0.246 e. The van der Waals surface area contributed by atoms with Gasteiger partial charge in [0.1, 0.15) is 17.6 Å². The van der Waals surface area contributed by atoms with Crippen LogP contribution in [0.1, 0.15) is 28.7 Å². The summed E-state index contributed by atoms with van der Waals surface area (Å²) in [6.45, 7) is 4.49. The van der Waals surface area contributed by atoms with Crippen LogP contribution in [0.15, 0.2) is 71.1 Å². The summed E-state index contributed by atoms with van der Waals surface area (Å²) in [5, 5.41) is 3.03. The van der Waals surface area contributed by atoms with Crippen LogP contribution in [-0.2, 0) is 11.3 Å². The molecule has 3 aromatic rings. The van der Waals surface area contributed by atoms with Crippen molar-refractivity contribution in [2.24, 2.45) is 0 Å². The van der Waals surface area contributed by atoms with E-state index in [1.807, 2.05) is 92.5 Å². The second-order valence-electron chi connectivity index (χ2n) is 6.60. The maximum absolute atomic E-state index is 13.1. The second kappa shape index (κ2) is 8.02. The quantitative estimate of drug-likeness (QED) is 0.702. The van der Waals surface area contributed by atoms with Crippen LogP contribution in [0.5, 0.6) is 0 Å². The Hall–Kier alpha value is -2.85. The Morgan fingerprint density at radius 2 is 1.69 bits per heavy atom. The van der Waals surface area contributed by atoms with Crippen molar-refractivity contribution in [1.29, 1.82) is 0 Å². The van der Waals surface area contributed by atoms with Crippen molar-refractivity contribution >= 4 is 11.6 Å². The van der Waals surface area contributed by atoms with Crippen molar-refractivity contribution < 1.29 is 9.21 Å². The minimum Gasteiger partial charge on any atom is -0.465 e. The van der Waals surface area contributed by atoms with Crippen LogP contribution in [0, 0.1) is 13.8 Å². The zero-order valence-electron chi connectivity index (χ0n) is 15.4. The average Bonchev–Trinajstić information content (AvgIpc) is 3.03. The van der Waals surface area contributed by atoms with Crippen LogP contribution in [0.3, 0.4) is 0 Å². The predicted octanol–water partition coefficient (Wildman–Crippen LogP) is 4.71. The highest BCUT2D eigenvalue weighted by Crippen LogP contribution is 2.24. The molecule has 0 aliphatic rings. The summed E-state index contributed by atoms with van der Waals surface area (Å²) in [5.41, 5.74) is 2.90. The van der Waals surface area contributed by atoms with E-state index in [1.54, 1.807) is 0 Å². The number of amides is 1. The Labute approximate surface area is 154 Å². The SMILES string of the molecule is Cc1ccc(NC(=O)[C@@H](c2ccccc2)N(C)Cc2ccc(C)o2)cc1. The molecule has 1 heterocycles. The summed E-state index contributed by atoms with van der Waals surface area (Å²) in [5.74, 6) is 1.65. The molecule has 26 heavy (non-hydrogen) atoms. The second-order valence-corrected chi connectivity index (χ2v) is 6.60. The van der Waals surface area contributed by atoms with Crippen LogP contribution >= 0.6 is 0 Å². The standard InChI is InChI=1S/C22H24N2O2/c1-16-9-12-19(13-10-16)23-22(25)21(18-7-5-4-6-8-18)24(3)15-20-14-11-17(2)26-20/h4-14,21H,15H2,1-3H3,(H,23,25)/t21-/m1/s1. The van der Waals surface area contributed by atoms with Gasteiger partial charge >= 0.3 is 0 Å². The number of rotatable bonds is 6. The van der Waals surface area contributed by atoms with Crippen LogP contribution < -0.4 is 5.32 Å². The summed E-state index contributed by atoms with van der Waals surface area (Å²) in [6.07, 6.45) is 0. The number of hydrogen-bond acceptors (Lipinski definition) is 3. The van der Waals surface area contributed by atoms with Gasteiger partial charge in [0.05, 0.1) is 6.54 Å². The molecule has 3 rings (SSSR count). The van der Waals surface area contributed by atoms with Crippen LogP contribution in [-0.4, -0.2) is 17.9 Å². The van der Waals surface area contributed by atoms with E-state index in [2.05, 4.69) is 5.32 Å². The number of nitrogens with zero attached hydrogens (tertiary/aromatic N) is 1. The van der Waals surface area contributed by atoms with E-state index in [0.717, 1.165) is 28.3 Å². The minimum absolute atomic E-state index is 0.0640. The molecule has 1 amide bonds. The number of anilines is 1. The molecule has 0 aliphatic carbocycles. The molecular weight excluding hydrogens is 324 g/mol. The first-order chi connectivity index (χ1) is 12.5. The van der Waals surface area contributed by atoms with Gasteiger partial charge in [0, 0.05) is 5.69 Å². The van der Waals surface area contributed by atoms with Crippen molar-refractivity contribution in [1.82, 2.24) is 4.90 Å². The largest absolute Gasteiger partial charge is 0.465 e. The van der Waals surface area contributed by atoms with Crippen LogP contribution in [0.2, 0.25) is 0 Å². The molecule has 0 bridgehead atoms. The lowest BCUT2D eigenvalue weighted by molar-refractivity contribution is -0.121. The van der Waals surface area contributed by atoms with Gasteiger partial charge in [-0.15, -0.1) is 0 Å². The number of likely N-dealkylation sites (N-methyl/N-ethyl adjacent to an activating group) is 1. The molecule has 0 radical (unpaired) electrons. The van der Waals surface area contributed by atoms with Gasteiger partial charge in [-0.1, -0.05) is 48.0 Å². The molecule has 4 nitrogen and oxygen atoms in total.